The molecule has 2 aromatic carbocycles. The van der Waals surface area contributed by atoms with Crippen LogP contribution in [-0.2, 0) is 17.8 Å². The third kappa shape index (κ3) is 8.95. The molecule has 8 heteroatoms. The Hall–Kier alpha value is -2.62. The maximum atomic E-state index is 12.6. The van der Waals surface area contributed by atoms with E-state index in [0.717, 1.165) is 17.5 Å². The number of nitrogens with one attached hydrogen (secondary N) is 3. The van der Waals surface area contributed by atoms with Crippen molar-refractivity contribution in [1.29, 1.82) is 0 Å². The summed E-state index contributed by atoms with van der Waals surface area (Å²) in [4.78, 5) is 30.3. The fourth-order valence-corrected chi connectivity index (χ4v) is 3.01. The van der Waals surface area contributed by atoms with E-state index in [2.05, 4.69) is 20.9 Å². The average Bonchev–Trinajstić information content (AvgIpc) is 2.79. The maximum Gasteiger partial charge on any atom is 0.251 e. The Balaban J connectivity index is 0.00000480. The summed E-state index contributed by atoms with van der Waals surface area (Å²) in [6.45, 7) is 4.01. The first-order valence-corrected chi connectivity index (χ1v) is 10.1. The van der Waals surface area contributed by atoms with Crippen LogP contribution in [0.25, 0.3) is 0 Å². The summed E-state index contributed by atoms with van der Waals surface area (Å²) in [5.74, 6) is 0.487. The van der Waals surface area contributed by atoms with Gasteiger partial charge in [-0.2, -0.15) is 0 Å². The number of hydrogen-bond acceptors (Lipinski definition) is 3. The van der Waals surface area contributed by atoms with Crippen molar-refractivity contribution in [3.8, 4) is 0 Å². The molecule has 0 aromatic heterocycles. The van der Waals surface area contributed by atoms with E-state index in [1.54, 1.807) is 25.1 Å². The summed E-state index contributed by atoms with van der Waals surface area (Å²) in [6, 6.07) is 17.5. The van der Waals surface area contributed by atoms with Gasteiger partial charge in [-0.25, -0.2) is 0 Å². The monoisotopic (exact) mass is 537 g/mol. The molecule has 2 aromatic rings. The van der Waals surface area contributed by atoms with Crippen molar-refractivity contribution in [2.45, 2.75) is 19.9 Å². The Morgan fingerprint density at radius 2 is 1.71 bits per heavy atom. The van der Waals surface area contributed by atoms with E-state index >= 15 is 0 Å². The second-order valence-corrected chi connectivity index (χ2v) is 6.78. The van der Waals surface area contributed by atoms with Crippen LogP contribution in [0.2, 0.25) is 0 Å². The van der Waals surface area contributed by atoms with Crippen molar-refractivity contribution in [2.24, 2.45) is 4.99 Å². The van der Waals surface area contributed by atoms with Crippen molar-refractivity contribution in [2.75, 3.05) is 33.7 Å². The van der Waals surface area contributed by atoms with Crippen LogP contribution < -0.4 is 16.0 Å². The lowest BCUT2D eigenvalue weighted by atomic mass is 10.1. The van der Waals surface area contributed by atoms with Gasteiger partial charge < -0.3 is 20.9 Å². The molecule has 0 spiro atoms. The molecule has 0 saturated heterocycles. The van der Waals surface area contributed by atoms with Gasteiger partial charge in [0.25, 0.3) is 5.91 Å². The zero-order valence-corrected chi connectivity index (χ0v) is 20.7. The molecule has 0 fully saturated rings. The third-order valence-electron chi connectivity index (χ3n) is 4.70. The third-order valence-corrected chi connectivity index (χ3v) is 4.70. The lowest BCUT2D eigenvalue weighted by molar-refractivity contribution is -0.130. The molecule has 2 amide bonds. The lowest BCUT2D eigenvalue weighted by Crippen LogP contribution is -2.44. The second kappa shape index (κ2) is 14.4. The number of carbonyl (C=O) groups is 2. The second-order valence-electron chi connectivity index (χ2n) is 6.78. The molecular weight excluding hydrogens is 505 g/mol. The molecule has 0 saturated carbocycles. The first-order valence-electron chi connectivity index (χ1n) is 10.1. The molecule has 7 nitrogen and oxygen atoms in total. The van der Waals surface area contributed by atoms with E-state index in [0.29, 0.717) is 31.2 Å². The first-order chi connectivity index (χ1) is 14.6. The predicted octanol–water partition coefficient (Wildman–Crippen LogP) is 2.42. The smallest absolute Gasteiger partial charge is 0.251 e. The van der Waals surface area contributed by atoms with Crippen molar-refractivity contribution in [1.82, 2.24) is 20.9 Å². The van der Waals surface area contributed by atoms with Gasteiger partial charge in [-0.15, -0.1) is 24.0 Å². The van der Waals surface area contributed by atoms with Crippen LogP contribution in [0.1, 0.15) is 28.4 Å². The van der Waals surface area contributed by atoms with Gasteiger partial charge in [0.1, 0.15) is 0 Å². The Bertz CT molecular complexity index is 858. The maximum absolute atomic E-state index is 12.6. The van der Waals surface area contributed by atoms with Crippen molar-refractivity contribution in [3.05, 3.63) is 71.3 Å². The van der Waals surface area contributed by atoms with Crippen LogP contribution in [0, 0.1) is 0 Å². The molecule has 3 N–H and O–H groups in total. The molecular formula is C23H32IN5O2. The Morgan fingerprint density at radius 1 is 1.00 bits per heavy atom. The number of hydrogen-bond donors (Lipinski definition) is 3. The SMILES string of the molecule is CCN(Cc1ccccc1)C(=O)CNC(=NC)NCCc1cccc(C(=O)NC)c1.I. The van der Waals surface area contributed by atoms with E-state index in [9.17, 15) is 9.59 Å². The van der Waals surface area contributed by atoms with Crippen molar-refractivity contribution < 1.29 is 9.59 Å². The highest BCUT2D eigenvalue weighted by atomic mass is 127. The molecule has 0 unspecified atom stereocenters. The van der Waals surface area contributed by atoms with Crippen LogP contribution in [0.3, 0.4) is 0 Å². The van der Waals surface area contributed by atoms with E-state index in [-0.39, 0.29) is 42.3 Å². The zero-order chi connectivity index (χ0) is 21.8. The molecule has 0 radical (unpaired) electrons. The Labute approximate surface area is 201 Å². The zero-order valence-electron chi connectivity index (χ0n) is 18.4. The lowest BCUT2D eigenvalue weighted by Gasteiger charge is -2.22. The van der Waals surface area contributed by atoms with E-state index in [1.807, 2.05) is 55.5 Å². The standard InChI is InChI=1S/C23H31N5O2.HI/c1-4-28(17-19-9-6-5-7-10-19)21(29)16-27-23(25-3)26-14-13-18-11-8-12-20(15-18)22(30)24-2;/h5-12,15H,4,13-14,16-17H2,1-3H3,(H,24,30)(H2,25,26,27);1H. The highest BCUT2D eigenvalue weighted by molar-refractivity contribution is 14.0. The number of aliphatic imine (C=N–C) groups is 1. The number of rotatable bonds is 9. The molecule has 0 aliphatic rings. The van der Waals surface area contributed by atoms with Gasteiger partial charge in [0.2, 0.25) is 5.91 Å². The van der Waals surface area contributed by atoms with Crippen LogP contribution in [-0.4, -0.2) is 56.4 Å². The Kier molecular flexibility index (Phi) is 12.3. The molecule has 2 rings (SSSR count). The summed E-state index contributed by atoms with van der Waals surface area (Å²) in [5, 5.41) is 8.92. The van der Waals surface area contributed by atoms with Gasteiger partial charge in [-0.05, 0) is 36.6 Å². The summed E-state index contributed by atoms with van der Waals surface area (Å²) >= 11 is 0. The fourth-order valence-electron chi connectivity index (χ4n) is 3.01. The summed E-state index contributed by atoms with van der Waals surface area (Å²) in [5.41, 5.74) is 2.80. The largest absolute Gasteiger partial charge is 0.356 e. The van der Waals surface area contributed by atoms with Gasteiger partial charge in [-0.1, -0.05) is 42.5 Å². The number of guanidine groups is 1. The van der Waals surface area contributed by atoms with Gasteiger partial charge in [-0.3, -0.25) is 14.6 Å². The predicted molar refractivity (Wildman–Crippen MR) is 136 cm³/mol. The topological polar surface area (TPSA) is 85.8 Å². The van der Waals surface area contributed by atoms with Crippen LogP contribution >= 0.6 is 24.0 Å². The van der Waals surface area contributed by atoms with E-state index in [1.165, 1.54) is 0 Å². The number of halogens is 1. The van der Waals surface area contributed by atoms with Crippen molar-refractivity contribution >= 4 is 41.8 Å². The molecule has 0 bridgehead atoms. The number of likely N-dealkylation sites (N-methyl/N-ethyl adjacent to an activating group) is 1. The van der Waals surface area contributed by atoms with E-state index in [4.69, 9.17) is 0 Å². The van der Waals surface area contributed by atoms with E-state index < -0.39 is 0 Å². The number of benzene rings is 2. The van der Waals surface area contributed by atoms with Crippen LogP contribution in [0.5, 0.6) is 0 Å². The van der Waals surface area contributed by atoms with Crippen LogP contribution in [0.4, 0.5) is 0 Å². The summed E-state index contributed by atoms with van der Waals surface area (Å²) < 4.78 is 0. The van der Waals surface area contributed by atoms with Gasteiger partial charge in [0.15, 0.2) is 5.96 Å². The minimum Gasteiger partial charge on any atom is -0.356 e. The molecule has 0 aliphatic carbocycles. The number of carbonyl (C=O) groups excluding carboxylic acids is 2. The minimum atomic E-state index is -0.100. The normalized spacial score (nSPS) is 10.6. The molecule has 168 valence electrons. The summed E-state index contributed by atoms with van der Waals surface area (Å²) in [7, 11) is 3.29. The van der Waals surface area contributed by atoms with Crippen molar-refractivity contribution in [3.63, 3.8) is 0 Å². The number of nitrogens with zero attached hydrogens (tertiary/aromatic N) is 2. The average molecular weight is 537 g/mol. The molecule has 31 heavy (non-hydrogen) atoms. The fraction of sp³-hybridized carbons (Fsp3) is 0.348. The summed E-state index contributed by atoms with van der Waals surface area (Å²) in [6.07, 6.45) is 0.731. The highest BCUT2D eigenvalue weighted by Gasteiger charge is 2.12. The minimum absolute atomic E-state index is 0. The molecule has 0 aliphatic heterocycles. The molecule has 0 atom stereocenters. The highest BCUT2D eigenvalue weighted by Crippen LogP contribution is 2.06. The van der Waals surface area contributed by atoms with Gasteiger partial charge in [0.05, 0.1) is 6.54 Å². The van der Waals surface area contributed by atoms with Crippen LogP contribution in [0.15, 0.2) is 59.6 Å². The number of amides is 2. The Morgan fingerprint density at radius 3 is 2.35 bits per heavy atom. The first kappa shape index (κ1) is 26.4. The quantitative estimate of drug-likeness (QED) is 0.261. The van der Waals surface area contributed by atoms with Gasteiger partial charge >= 0.3 is 0 Å². The van der Waals surface area contributed by atoms with Gasteiger partial charge in [0, 0.05) is 39.3 Å². The molecule has 0 heterocycles.